The van der Waals surface area contributed by atoms with E-state index in [1.165, 1.54) is 0 Å². The van der Waals surface area contributed by atoms with Crippen molar-refractivity contribution in [3.8, 4) is 0 Å². The van der Waals surface area contributed by atoms with Crippen molar-refractivity contribution in [2.24, 2.45) is 0 Å². The molecule has 1 saturated heterocycles. The predicted octanol–water partition coefficient (Wildman–Crippen LogP) is 2.56. The Labute approximate surface area is 99.4 Å². The van der Waals surface area contributed by atoms with Crippen LogP contribution in [0.2, 0.25) is 10.0 Å². The van der Waals surface area contributed by atoms with Gasteiger partial charge in [0.15, 0.2) is 0 Å². The van der Waals surface area contributed by atoms with E-state index in [1.54, 1.807) is 0 Å². The first-order valence-electron chi connectivity index (χ1n) is 4.99. The average molecular weight is 246 g/mol. The first-order valence-corrected chi connectivity index (χ1v) is 5.75. The highest BCUT2D eigenvalue weighted by molar-refractivity contribution is 6.42. The topological polar surface area (TPSA) is 23.5 Å². The van der Waals surface area contributed by atoms with Gasteiger partial charge in [0.1, 0.15) is 0 Å². The molecule has 1 aliphatic rings. The molecule has 0 aromatic heterocycles. The standard InChI is InChI=1S/C11H13Cl2NO/c12-10-2-1-8(5-11(10)13)6-14-4-3-9(15)7-14/h1-2,5,9,15H,3-4,6-7H2/t9-/m0/s1. The molecule has 2 nitrogen and oxygen atoms in total. The van der Waals surface area contributed by atoms with Crippen LogP contribution in [0.25, 0.3) is 0 Å². The molecule has 0 bridgehead atoms. The van der Waals surface area contributed by atoms with E-state index >= 15 is 0 Å². The number of β-amino-alcohol motifs (C(OH)–C–C–N with tert-alkyl or cyclic N) is 1. The van der Waals surface area contributed by atoms with Gasteiger partial charge < -0.3 is 5.11 Å². The zero-order chi connectivity index (χ0) is 10.8. The smallest absolute Gasteiger partial charge is 0.0679 e. The molecule has 2 rings (SSSR count). The fourth-order valence-corrected chi connectivity index (χ4v) is 2.17. The number of rotatable bonds is 2. The summed E-state index contributed by atoms with van der Waals surface area (Å²) < 4.78 is 0. The Bertz CT molecular complexity index is 356. The summed E-state index contributed by atoms with van der Waals surface area (Å²) in [6, 6.07) is 5.67. The summed E-state index contributed by atoms with van der Waals surface area (Å²) in [7, 11) is 0. The van der Waals surface area contributed by atoms with Gasteiger partial charge in [-0.1, -0.05) is 29.3 Å². The number of benzene rings is 1. The van der Waals surface area contributed by atoms with Crippen LogP contribution >= 0.6 is 23.2 Å². The van der Waals surface area contributed by atoms with Crippen molar-refractivity contribution in [1.29, 1.82) is 0 Å². The first kappa shape index (κ1) is 11.2. The van der Waals surface area contributed by atoms with Crippen molar-refractivity contribution in [3.63, 3.8) is 0 Å². The fraction of sp³-hybridized carbons (Fsp3) is 0.455. The van der Waals surface area contributed by atoms with Crippen molar-refractivity contribution in [2.75, 3.05) is 13.1 Å². The van der Waals surface area contributed by atoms with Gasteiger partial charge in [0.2, 0.25) is 0 Å². The van der Waals surface area contributed by atoms with Gasteiger partial charge in [-0.15, -0.1) is 0 Å². The molecule has 1 aromatic carbocycles. The molecule has 0 spiro atoms. The number of hydrogen-bond acceptors (Lipinski definition) is 2. The Balaban J connectivity index is 2.02. The third kappa shape index (κ3) is 2.85. The summed E-state index contributed by atoms with van der Waals surface area (Å²) in [5.74, 6) is 0. The van der Waals surface area contributed by atoms with Crippen LogP contribution in [0.1, 0.15) is 12.0 Å². The molecule has 0 saturated carbocycles. The highest BCUT2D eigenvalue weighted by atomic mass is 35.5. The van der Waals surface area contributed by atoms with Crippen molar-refractivity contribution in [1.82, 2.24) is 4.90 Å². The molecular formula is C11H13Cl2NO. The van der Waals surface area contributed by atoms with Crippen LogP contribution in [0, 0.1) is 0 Å². The lowest BCUT2D eigenvalue weighted by Crippen LogP contribution is -2.21. The number of aliphatic hydroxyl groups excluding tert-OH is 1. The zero-order valence-electron chi connectivity index (χ0n) is 8.29. The quantitative estimate of drug-likeness (QED) is 0.866. The lowest BCUT2D eigenvalue weighted by molar-refractivity contribution is 0.175. The van der Waals surface area contributed by atoms with Crippen LogP contribution in [-0.4, -0.2) is 29.2 Å². The molecule has 0 unspecified atom stereocenters. The van der Waals surface area contributed by atoms with Crippen LogP contribution in [0.5, 0.6) is 0 Å². The molecular weight excluding hydrogens is 233 g/mol. The van der Waals surface area contributed by atoms with E-state index in [2.05, 4.69) is 4.90 Å². The summed E-state index contributed by atoms with van der Waals surface area (Å²) in [5.41, 5.74) is 1.14. The van der Waals surface area contributed by atoms with Crippen molar-refractivity contribution in [3.05, 3.63) is 33.8 Å². The molecule has 1 aliphatic heterocycles. The Morgan fingerprint density at radius 3 is 2.73 bits per heavy atom. The van der Waals surface area contributed by atoms with Crippen molar-refractivity contribution in [2.45, 2.75) is 19.1 Å². The Morgan fingerprint density at radius 1 is 1.33 bits per heavy atom. The van der Waals surface area contributed by atoms with Gasteiger partial charge in [-0.25, -0.2) is 0 Å². The van der Waals surface area contributed by atoms with Gasteiger partial charge in [0.05, 0.1) is 16.1 Å². The number of halogens is 2. The van der Waals surface area contributed by atoms with Crippen LogP contribution in [0.15, 0.2) is 18.2 Å². The monoisotopic (exact) mass is 245 g/mol. The predicted molar refractivity (Wildman–Crippen MR) is 62.4 cm³/mol. The number of hydrogen-bond donors (Lipinski definition) is 1. The SMILES string of the molecule is O[C@H]1CCN(Cc2ccc(Cl)c(Cl)c2)C1. The Hall–Kier alpha value is -0.280. The maximum atomic E-state index is 9.39. The summed E-state index contributed by atoms with van der Waals surface area (Å²) in [5, 5.41) is 10.6. The Morgan fingerprint density at radius 2 is 2.13 bits per heavy atom. The number of likely N-dealkylation sites (tertiary alicyclic amines) is 1. The van der Waals surface area contributed by atoms with Crippen LogP contribution < -0.4 is 0 Å². The summed E-state index contributed by atoms with van der Waals surface area (Å²) in [6.45, 7) is 2.52. The molecule has 0 amide bonds. The van der Waals surface area contributed by atoms with Gasteiger partial charge in [-0.3, -0.25) is 4.90 Å². The second-order valence-electron chi connectivity index (χ2n) is 3.93. The van der Waals surface area contributed by atoms with Crippen molar-refractivity contribution < 1.29 is 5.11 Å². The second kappa shape index (κ2) is 4.71. The normalized spacial score (nSPS) is 22.2. The van der Waals surface area contributed by atoms with E-state index < -0.39 is 0 Å². The summed E-state index contributed by atoms with van der Waals surface area (Å²) in [4.78, 5) is 2.21. The average Bonchev–Trinajstić information content (AvgIpc) is 2.58. The minimum absolute atomic E-state index is 0.173. The largest absolute Gasteiger partial charge is 0.392 e. The molecule has 15 heavy (non-hydrogen) atoms. The van der Waals surface area contributed by atoms with Gasteiger partial charge >= 0.3 is 0 Å². The van der Waals surface area contributed by atoms with E-state index in [9.17, 15) is 5.11 Å². The Kier molecular flexibility index (Phi) is 3.52. The summed E-state index contributed by atoms with van der Waals surface area (Å²) in [6.07, 6.45) is 0.689. The molecule has 82 valence electrons. The number of nitrogens with zero attached hydrogens (tertiary/aromatic N) is 1. The minimum atomic E-state index is -0.173. The van der Waals surface area contributed by atoms with E-state index in [1.807, 2.05) is 18.2 Å². The highest BCUT2D eigenvalue weighted by Gasteiger charge is 2.19. The molecule has 1 fully saturated rings. The molecule has 4 heteroatoms. The molecule has 1 aromatic rings. The van der Waals surface area contributed by atoms with E-state index in [0.717, 1.165) is 31.6 Å². The maximum Gasteiger partial charge on any atom is 0.0679 e. The van der Waals surface area contributed by atoms with Gasteiger partial charge in [-0.2, -0.15) is 0 Å². The first-order chi connectivity index (χ1) is 7.15. The van der Waals surface area contributed by atoms with Gasteiger partial charge in [0, 0.05) is 19.6 Å². The molecule has 1 heterocycles. The molecule has 0 radical (unpaired) electrons. The van der Waals surface area contributed by atoms with Gasteiger partial charge in [0.25, 0.3) is 0 Å². The van der Waals surface area contributed by atoms with Crippen LogP contribution in [0.3, 0.4) is 0 Å². The van der Waals surface area contributed by atoms with Gasteiger partial charge in [-0.05, 0) is 24.1 Å². The van der Waals surface area contributed by atoms with E-state index in [4.69, 9.17) is 23.2 Å². The summed E-state index contributed by atoms with van der Waals surface area (Å²) >= 11 is 11.8. The van der Waals surface area contributed by atoms with Crippen molar-refractivity contribution >= 4 is 23.2 Å². The molecule has 1 N–H and O–H groups in total. The lowest BCUT2D eigenvalue weighted by Gasteiger charge is -2.15. The minimum Gasteiger partial charge on any atom is -0.392 e. The van der Waals surface area contributed by atoms with Crippen LogP contribution in [0.4, 0.5) is 0 Å². The maximum absolute atomic E-state index is 9.39. The zero-order valence-corrected chi connectivity index (χ0v) is 9.80. The van der Waals surface area contributed by atoms with E-state index in [0.29, 0.717) is 10.0 Å². The van der Waals surface area contributed by atoms with Crippen LogP contribution in [-0.2, 0) is 6.54 Å². The fourth-order valence-electron chi connectivity index (χ4n) is 1.85. The molecule has 0 aliphatic carbocycles. The van der Waals surface area contributed by atoms with E-state index in [-0.39, 0.29) is 6.10 Å². The number of aliphatic hydroxyl groups is 1. The highest BCUT2D eigenvalue weighted by Crippen LogP contribution is 2.24. The third-order valence-corrected chi connectivity index (χ3v) is 3.38. The molecule has 1 atom stereocenters. The second-order valence-corrected chi connectivity index (χ2v) is 4.74. The third-order valence-electron chi connectivity index (χ3n) is 2.64. The lowest BCUT2D eigenvalue weighted by atomic mass is 10.2.